The van der Waals surface area contributed by atoms with Crippen LogP contribution >= 0.6 is 11.6 Å². The van der Waals surface area contributed by atoms with E-state index in [1.807, 2.05) is 4.90 Å². The Morgan fingerprint density at radius 2 is 2.00 bits per heavy atom. The number of nitrogens with zero attached hydrogens (tertiary/aromatic N) is 2. The zero-order chi connectivity index (χ0) is 21.4. The van der Waals surface area contributed by atoms with Crippen LogP contribution in [0.25, 0.3) is 0 Å². The van der Waals surface area contributed by atoms with E-state index >= 15 is 0 Å². The highest BCUT2D eigenvalue weighted by Gasteiger charge is 2.35. The Hall–Kier alpha value is -2.87. The van der Waals surface area contributed by atoms with Gasteiger partial charge in [0.25, 0.3) is 5.56 Å². The molecule has 30 heavy (non-hydrogen) atoms. The van der Waals surface area contributed by atoms with Gasteiger partial charge < -0.3 is 15.5 Å². The van der Waals surface area contributed by atoms with Gasteiger partial charge in [0.2, 0.25) is 17.8 Å². The first-order valence-electron chi connectivity index (χ1n) is 10.1. The standard InChI is InChI=1S/C21H24ClN5O3/c1-11-6-8-27(9-7-11)21-25-18-17(20(30)26-21)13(10-16(28)24-18)19(29)23-15-5-3-4-14(22)12(15)2/h3-5,11,13H,6-10H2,1-2H3,(H,23,29)(H2,24,25,26,28,30). The number of benzene rings is 1. The predicted molar refractivity (Wildman–Crippen MR) is 116 cm³/mol. The van der Waals surface area contributed by atoms with Crippen molar-refractivity contribution in [3.8, 4) is 0 Å². The summed E-state index contributed by atoms with van der Waals surface area (Å²) in [6, 6.07) is 5.19. The molecule has 0 radical (unpaired) electrons. The summed E-state index contributed by atoms with van der Waals surface area (Å²) in [5.41, 5.74) is 1.04. The van der Waals surface area contributed by atoms with E-state index in [-0.39, 0.29) is 23.7 Å². The molecule has 0 aliphatic carbocycles. The third-order valence-corrected chi connectivity index (χ3v) is 6.27. The van der Waals surface area contributed by atoms with E-state index in [0.717, 1.165) is 31.5 Å². The minimum atomic E-state index is -0.932. The summed E-state index contributed by atoms with van der Waals surface area (Å²) in [6.45, 7) is 5.56. The number of hydrogen-bond donors (Lipinski definition) is 3. The molecule has 1 aromatic heterocycles. The minimum absolute atomic E-state index is 0.121. The summed E-state index contributed by atoms with van der Waals surface area (Å²) in [5.74, 6) is -0.499. The number of carbonyl (C=O) groups excluding carboxylic acids is 2. The van der Waals surface area contributed by atoms with Gasteiger partial charge in [-0.2, -0.15) is 4.98 Å². The first kappa shape index (κ1) is 20.4. The summed E-state index contributed by atoms with van der Waals surface area (Å²) in [4.78, 5) is 47.5. The number of halogens is 1. The second-order valence-corrected chi connectivity index (χ2v) is 8.44. The predicted octanol–water partition coefficient (Wildman–Crippen LogP) is 3.03. The molecule has 3 N–H and O–H groups in total. The summed E-state index contributed by atoms with van der Waals surface area (Å²) in [7, 11) is 0. The van der Waals surface area contributed by atoms with Crippen LogP contribution in [0.3, 0.4) is 0 Å². The van der Waals surface area contributed by atoms with Crippen LogP contribution in [0.5, 0.6) is 0 Å². The lowest BCUT2D eigenvalue weighted by molar-refractivity contribution is -0.123. The van der Waals surface area contributed by atoms with Gasteiger partial charge in [-0.05, 0) is 43.4 Å². The third kappa shape index (κ3) is 3.92. The van der Waals surface area contributed by atoms with E-state index in [2.05, 4.69) is 27.5 Å². The molecule has 1 unspecified atom stereocenters. The van der Waals surface area contributed by atoms with Crippen molar-refractivity contribution in [1.29, 1.82) is 0 Å². The minimum Gasteiger partial charge on any atom is -0.342 e. The molecule has 0 bridgehead atoms. The van der Waals surface area contributed by atoms with Crippen LogP contribution in [0, 0.1) is 12.8 Å². The van der Waals surface area contributed by atoms with Gasteiger partial charge in [-0.1, -0.05) is 24.6 Å². The smallest absolute Gasteiger partial charge is 0.258 e. The number of H-pyrrole nitrogens is 1. The lowest BCUT2D eigenvalue weighted by Crippen LogP contribution is -2.39. The normalized spacial score (nSPS) is 19.2. The van der Waals surface area contributed by atoms with Gasteiger partial charge in [-0.15, -0.1) is 0 Å². The van der Waals surface area contributed by atoms with Crippen LogP contribution in [0.2, 0.25) is 5.02 Å². The van der Waals surface area contributed by atoms with Gasteiger partial charge in [-0.25, -0.2) is 0 Å². The molecule has 9 heteroatoms. The number of carbonyl (C=O) groups is 2. The zero-order valence-corrected chi connectivity index (χ0v) is 17.7. The number of amides is 2. The van der Waals surface area contributed by atoms with Crippen molar-refractivity contribution in [1.82, 2.24) is 9.97 Å². The van der Waals surface area contributed by atoms with Crippen LogP contribution in [0.15, 0.2) is 23.0 Å². The van der Waals surface area contributed by atoms with E-state index in [1.165, 1.54) is 0 Å². The highest BCUT2D eigenvalue weighted by molar-refractivity contribution is 6.31. The van der Waals surface area contributed by atoms with E-state index in [9.17, 15) is 14.4 Å². The SMILES string of the molecule is Cc1c(Cl)cccc1NC(=O)C1CC(=O)Nc2nc(N3CCC(C)CC3)[nH]c(=O)c21. The Balaban J connectivity index is 1.64. The van der Waals surface area contributed by atoms with Crippen LogP contribution in [0.4, 0.5) is 17.5 Å². The topological polar surface area (TPSA) is 107 Å². The average molecular weight is 430 g/mol. The molecule has 1 atom stereocenters. The Kier molecular flexibility index (Phi) is 5.51. The quantitative estimate of drug-likeness (QED) is 0.695. The molecule has 2 aliphatic heterocycles. The van der Waals surface area contributed by atoms with Crippen molar-refractivity contribution in [3.63, 3.8) is 0 Å². The molecule has 1 aromatic carbocycles. The molecule has 0 spiro atoms. The number of fused-ring (bicyclic) bond motifs is 1. The highest BCUT2D eigenvalue weighted by Crippen LogP contribution is 2.32. The molecule has 158 valence electrons. The fourth-order valence-electron chi connectivity index (χ4n) is 3.92. The van der Waals surface area contributed by atoms with E-state index in [0.29, 0.717) is 22.6 Å². The maximum Gasteiger partial charge on any atom is 0.258 e. The van der Waals surface area contributed by atoms with Gasteiger partial charge in [0.15, 0.2) is 0 Å². The average Bonchev–Trinajstić information content (AvgIpc) is 2.71. The van der Waals surface area contributed by atoms with Crippen molar-refractivity contribution in [2.75, 3.05) is 28.6 Å². The Morgan fingerprint density at radius 1 is 1.27 bits per heavy atom. The monoisotopic (exact) mass is 429 g/mol. The number of aromatic amines is 1. The molecule has 8 nitrogen and oxygen atoms in total. The van der Waals surface area contributed by atoms with Crippen molar-refractivity contribution >= 4 is 40.9 Å². The second kappa shape index (κ2) is 8.10. The van der Waals surface area contributed by atoms with E-state index in [4.69, 9.17) is 11.6 Å². The first-order chi connectivity index (χ1) is 14.3. The van der Waals surface area contributed by atoms with Gasteiger partial charge in [0, 0.05) is 30.2 Å². The van der Waals surface area contributed by atoms with Crippen molar-refractivity contribution in [2.45, 2.75) is 39.0 Å². The van der Waals surface area contributed by atoms with Gasteiger partial charge in [0.1, 0.15) is 5.82 Å². The number of aromatic nitrogens is 2. The summed E-state index contributed by atoms with van der Waals surface area (Å²) < 4.78 is 0. The Bertz CT molecular complexity index is 1060. The van der Waals surface area contributed by atoms with Crippen molar-refractivity contribution in [3.05, 3.63) is 44.7 Å². The maximum absolute atomic E-state index is 13.0. The molecule has 4 rings (SSSR count). The molecule has 2 aromatic rings. The Labute approximate surface area is 179 Å². The summed E-state index contributed by atoms with van der Waals surface area (Å²) >= 11 is 6.13. The van der Waals surface area contributed by atoms with Crippen LogP contribution in [-0.4, -0.2) is 34.9 Å². The van der Waals surface area contributed by atoms with Gasteiger partial charge in [0.05, 0.1) is 11.5 Å². The summed E-state index contributed by atoms with van der Waals surface area (Å²) in [6.07, 6.45) is 1.90. The first-order valence-corrected chi connectivity index (χ1v) is 10.5. The van der Waals surface area contributed by atoms with Gasteiger partial charge in [-0.3, -0.25) is 19.4 Å². The molecule has 1 fully saturated rings. The van der Waals surface area contributed by atoms with E-state index in [1.54, 1.807) is 25.1 Å². The van der Waals surface area contributed by atoms with Crippen LogP contribution in [0.1, 0.15) is 43.2 Å². The number of piperidine rings is 1. The fourth-order valence-corrected chi connectivity index (χ4v) is 4.09. The zero-order valence-electron chi connectivity index (χ0n) is 16.9. The second-order valence-electron chi connectivity index (χ2n) is 8.03. The number of hydrogen-bond acceptors (Lipinski definition) is 5. The van der Waals surface area contributed by atoms with Crippen LogP contribution in [-0.2, 0) is 9.59 Å². The van der Waals surface area contributed by atoms with Crippen molar-refractivity contribution in [2.24, 2.45) is 5.92 Å². The lowest BCUT2D eigenvalue weighted by Gasteiger charge is -2.31. The molecule has 0 saturated carbocycles. The molecule has 3 heterocycles. The molecular formula is C21H24ClN5O3. The summed E-state index contributed by atoms with van der Waals surface area (Å²) in [5, 5.41) is 5.98. The van der Waals surface area contributed by atoms with Crippen LogP contribution < -0.4 is 21.1 Å². The maximum atomic E-state index is 13.0. The number of rotatable bonds is 3. The Morgan fingerprint density at radius 3 is 2.73 bits per heavy atom. The number of anilines is 3. The van der Waals surface area contributed by atoms with Crippen molar-refractivity contribution < 1.29 is 9.59 Å². The van der Waals surface area contributed by atoms with Gasteiger partial charge >= 0.3 is 0 Å². The lowest BCUT2D eigenvalue weighted by atomic mass is 9.92. The highest BCUT2D eigenvalue weighted by atomic mass is 35.5. The molecule has 1 saturated heterocycles. The third-order valence-electron chi connectivity index (χ3n) is 5.86. The largest absolute Gasteiger partial charge is 0.342 e. The fraction of sp³-hybridized carbons (Fsp3) is 0.429. The molecule has 2 aliphatic rings. The number of nitrogens with one attached hydrogen (secondary N) is 3. The molecule has 2 amide bonds. The van der Waals surface area contributed by atoms with E-state index < -0.39 is 17.4 Å². The molecular weight excluding hydrogens is 406 g/mol.